The van der Waals surface area contributed by atoms with Crippen molar-refractivity contribution in [1.29, 1.82) is 0 Å². The molecule has 15 heavy (non-hydrogen) atoms. The Hall–Kier alpha value is -0.590. The van der Waals surface area contributed by atoms with Gasteiger partial charge in [0.05, 0.1) is 10.8 Å². The van der Waals surface area contributed by atoms with Gasteiger partial charge in [-0.25, -0.2) is 4.98 Å². The van der Waals surface area contributed by atoms with Crippen molar-refractivity contribution in [3.63, 3.8) is 0 Å². The normalized spacial score (nSPS) is 12.7. The molecule has 2 aromatic heterocycles. The molecule has 0 saturated heterocycles. The summed E-state index contributed by atoms with van der Waals surface area (Å²) in [6.07, 6.45) is 5.10. The van der Waals surface area contributed by atoms with Gasteiger partial charge in [-0.05, 0) is 28.1 Å². The zero-order valence-corrected chi connectivity index (χ0v) is 11.0. The first kappa shape index (κ1) is 10.9. The molecule has 0 spiro atoms. The molecule has 0 amide bonds. The number of thiazole rings is 1. The van der Waals surface area contributed by atoms with Gasteiger partial charge in [-0.15, -0.1) is 11.3 Å². The van der Waals surface area contributed by atoms with Crippen LogP contribution >= 0.6 is 27.3 Å². The summed E-state index contributed by atoms with van der Waals surface area (Å²) in [6.45, 7) is 0. The monoisotopic (exact) mass is 302 g/mol. The minimum atomic E-state index is -1.00. The number of halogens is 1. The number of nitrogens with zero attached hydrogens (tertiary/aromatic N) is 2. The van der Waals surface area contributed by atoms with Crippen molar-refractivity contribution in [2.45, 2.75) is 4.21 Å². The molecule has 1 atom stereocenters. The average Bonchev–Trinajstić information content (AvgIpc) is 2.62. The predicted molar refractivity (Wildman–Crippen MR) is 65.4 cm³/mol. The van der Waals surface area contributed by atoms with Crippen molar-refractivity contribution in [3.8, 4) is 10.6 Å². The quantitative estimate of drug-likeness (QED) is 0.856. The molecule has 0 aliphatic carbocycles. The molecule has 2 aromatic rings. The van der Waals surface area contributed by atoms with Crippen LogP contribution in [0.1, 0.15) is 0 Å². The molecule has 0 radical (unpaired) electrons. The molecular formula is C9H7BrN2OS2. The lowest BCUT2D eigenvalue weighted by Gasteiger charge is -1.91. The molecule has 6 heteroatoms. The summed E-state index contributed by atoms with van der Waals surface area (Å²) in [7, 11) is -1.00. The number of aromatic nitrogens is 2. The van der Waals surface area contributed by atoms with Gasteiger partial charge in [-0.1, -0.05) is 0 Å². The predicted octanol–water partition coefficient (Wildman–Crippen LogP) is 2.71. The number of rotatable bonds is 2. The van der Waals surface area contributed by atoms with Crippen LogP contribution in [0.4, 0.5) is 0 Å². The summed E-state index contributed by atoms with van der Waals surface area (Å²) < 4.78 is 12.8. The van der Waals surface area contributed by atoms with E-state index in [1.807, 2.05) is 12.1 Å². The molecule has 78 valence electrons. The second kappa shape index (κ2) is 4.51. The zero-order valence-electron chi connectivity index (χ0n) is 7.81. The Labute approximate surface area is 102 Å². The van der Waals surface area contributed by atoms with E-state index in [1.54, 1.807) is 18.6 Å². The molecule has 0 fully saturated rings. The highest BCUT2D eigenvalue weighted by Gasteiger charge is 2.12. The molecule has 0 aliphatic heterocycles. The molecule has 0 bridgehead atoms. The van der Waals surface area contributed by atoms with Gasteiger partial charge in [0.15, 0.2) is 0 Å². The Balaban J connectivity index is 2.48. The maximum Gasteiger partial charge on any atom is 0.134 e. The van der Waals surface area contributed by atoms with E-state index < -0.39 is 10.8 Å². The Morgan fingerprint density at radius 1 is 1.53 bits per heavy atom. The second-order valence-corrected chi connectivity index (χ2v) is 6.12. The Bertz CT molecular complexity index is 498. The van der Waals surface area contributed by atoms with Crippen LogP contribution in [0.5, 0.6) is 0 Å². The van der Waals surface area contributed by atoms with Gasteiger partial charge in [-0.3, -0.25) is 9.19 Å². The SMILES string of the molecule is CS(=O)c1sc(-c2cccnc2)nc1Br. The van der Waals surface area contributed by atoms with Gasteiger partial charge in [0, 0.05) is 24.2 Å². The van der Waals surface area contributed by atoms with Crippen LogP contribution in [0.2, 0.25) is 0 Å². The van der Waals surface area contributed by atoms with Gasteiger partial charge in [-0.2, -0.15) is 0 Å². The first-order valence-electron chi connectivity index (χ1n) is 4.08. The topological polar surface area (TPSA) is 42.9 Å². The summed E-state index contributed by atoms with van der Waals surface area (Å²) in [5, 5.41) is 0.833. The van der Waals surface area contributed by atoms with Gasteiger partial charge in [0.2, 0.25) is 0 Å². The highest BCUT2D eigenvalue weighted by molar-refractivity contribution is 9.10. The van der Waals surface area contributed by atoms with E-state index in [-0.39, 0.29) is 0 Å². The van der Waals surface area contributed by atoms with Crippen molar-refractivity contribution in [3.05, 3.63) is 29.1 Å². The van der Waals surface area contributed by atoms with Crippen molar-refractivity contribution < 1.29 is 4.21 Å². The van der Waals surface area contributed by atoms with E-state index in [9.17, 15) is 4.21 Å². The second-order valence-electron chi connectivity index (χ2n) is 2.79. The molecule has 2 heterocycles. The fourth-order valence-electron chi connectivity index (χ4n) is 1.08. The first-order chi connectivity index (χ1) is 7.18. The molecule has 1 unspecified atom stereocenters. The third kappa shape index (κ3) is 2.32. The molecular weight excluding hydrogens is 296 g/mol. The number of pyridine rings is 1. The highest BCUT2D eigenvalue weighted by atomic mass is 79.9. The van der Waals surface area contributed by atoms with Gasteiger partial charge in [0.1, 0.15) is 13.8 Å². The smallest absolute Gasteiger partial charge is 0.134 e. The summed E-state index contributed by atoms with van der Waals surface area (Å²) in [5.74, 6) is 0. The van der Waals surface area contributed by atoms with Crippen LogP contribution in [0.15, 0.2) is 33.3 Å². The first-order valence-corrected chi connectivity index (χ1v) is 7.25. The molecule has 0 aromatic carbocycles. The lowest BCUT2D eigenvalue weighted by Crippen LogP contribution is -1.81. The zero-order chi connectivity index (χ0) is 10.8. The van der Waals surface area contributed by atoms with Crippen LogP contribution in [0.3, 0.4) is 0 Å². The Morgan fingerprint density at radius 3 is 2.87 bits per heavy atom. The van der Waals surface area contributed by atoms with Crippen molar-refractivity contribution in [1.82, 2.24) is 9.97 Å². The lowest BCUT2D eigenvalue weighted by atomic mass is 10.3. The van der Waals surface area contributed by atoms with Crippen molar-refractivity contribution in [2.24, 2.45) is 0 Å². The standard InChI is InChI=1S/C9H7BrN2OS2/c1-15(13)9-7(10)12-8(14-9)6-3-2-4-11-5-6/h2-5H,1H3. The third-order valence-corrected chi connectivity index (χ3v) is 5.39. The van der Waals surface area contributed by atoms with E-state index in [0.717, 1.165) is 14.8 Å². The van der Waals surface area contributed by atoms with Gasteiger partial charge < -0.3 is 0 Å². The molecule has 0 saturated carbocycles. The van der Waals surface area contributed by atoms with Crippen LogP contribution < -0.4 is 0 Å². The maximum atomic E-state index is 11.3. The highest BCUT2D eigenvalue weighted by Crippen LogP contribution is 2.32. The maximum absolute atomic E-state index is 11.3. The molecule has 0 aliphatic rings. The molecule has 2 rings (SSSR count). The summed E-state index contributed by atoms with van der Waals surface area (Å²) in [4.78, 5) is 8.32. The lowest BCUT2D eigenvalue weighted by molar-refractivity contribution is 0.687. The largest absolute Gasteiger partial charge is 0.264 e. The molecule has 0 N–H and O–H groups in total. The van der Waals surface area contributed by atoms with E-state index in [2.05, 4.69) is 25.9 Å². The van der Waals surface area contributed by atoms with Gasteiger partial charge in [0.25, 0.3) is 0 Å². The van der Waals surface area contributed by atoms with E-state index in [1.165, 1.54) is 11.3 Å². The van der Waals surface area contributed by atoms with Crippen LogP contribution in [0, 0.1) is 0 Å². The van der Waals surface area contributed by atoms with Crippen LogP contribution in [-0.4, -0.2) is 20.4 Å². The third-order valence-electron chi connectivity index (χ3n) is 1.73. The summed E-state index contributed by atoms with van der Waals surface area (Å²) in [6, 6.07) is 3.79. The fourth-order valence-corrected chi connectivity index (χ4v) is 3.97. The van der Waals surface area contributed by atoms with E-state index in [4.69, 9.17) is 0 Å². The Morgan fingerprint density at radius 2 is 2.33 bits per heavy atom. The van der Waals surface area contributed by atoms with E-state index >= 15 is 0 Å². The summed E-state index contributed by atoms with van der Waals surface area (Å²) >= 11 is 4.72. The molecule has 3 nitrogen and oxygen atoms in total. The van der Waals surface area contributed by atoms with Crippen LogP contribution in [0.25, 0.3) is 10.6 Å². The average molecular weight is 303 g/mol. The van der Waals surface area contributed by atoms with Crippen molar-refractivity contribution in [2.75, 3.05) is 6.26 Å². The van der Waals surface area contributed by atoms with Crippen LogP contribution in [-0.2, 0) is 10.8 Å². The number of hydrogen-bond acceptors (Lipinski definition) is 4. The minimum absolute atomic E-state index is 0.659. The summed E-state index contributed by atoms with van der Waals surface area (Å²) in [5.41, 5.74) is 0.944. The van der Waals surface area contributed by atoms with Crippen molar-refractivity contribution >= 4 is 38.1 Å². The number of hydrogen-bond donors (Lipinski definition) is 0. The fraction of sp³-hybridized carbons (Fsp3) is 0.111. The van der Waals surface area contributed by atoms with E-state index in [0.29, 0.717) is 4.60 Å². The minimum Gasteiger partial charge on any atom is -0.264 e. The Kier molecular flexibility index (Phi) is 3.28. The van der Waals surface area contributed by atoms with Gasteiger partial charge >= 0.3 is 0 Å².